The Kier molecular flexibility index (Phi) is 4.02. The third kappa shape index (κ3) is 2.85. The lowest BCUT2D eigenvalue weighted by Crippen LogP contribution is -2.33. The molecule has 0 saturated carbocycles. The fraction of sp³-hybridized carbons (Fsp3) is 0.588. The lowest BCUT2D eigenvalue weighted by molar-refractivity contribution is -0.535. The molecule has 0 spiro atoms. The summed E-state index contributed by atoms with van der Waals surface area (Å²) in [4.78, 5) is 22.9. The van der Waals surface area contributed by atoms with Gasteiger partial charge in [0.15, 0.2) is 0 Å². The summed E-state index contributed by atoms with van der Waals surface area (Å²) >= 11 is 0. The first kappa shape index (κ1) is 16.5. The van der Waals surface area contributed by atoms with Gasteiger partial charge in [0, 0.05) is 17.3 Å². The molecule has 0 saturated heterocycles. The van der Waals surface area contributed by atoms with Crippen LogP contribution in [0.4, 0.5) is 0 Å². The minimum Gasteiger partial charge on any atom is -0.457 e. The second-order valence-corrected chi connectivity index (χ2v) is 7.27. The predicted octanol–water partition coefficient (Wildman–Crippen LogP) is 3.44. The van der Waals surface area contributed by atoms with Crippen molar-refractivity contribution < 1.29 is 14.5 Å². The second kappa shape index (κ2) is 5.38. The predicted molar refractivity (Wildman–Crippen MR) is 83.8 cm³/mol. The molecule has 5 nitrogen and oxygen atoms in total. The zero-order chi connectivity index (χ0) is 16.7. The van der Waals surface area contributed by atoms with E-state index >= 15 is 0 Å². The van der Waals surface area contributed by atoms with Crippen LogP contribution < -0.4 is 0 Å². The number of allylic oxidation sites excluding steroid dienone is 2. The van der Waals surface area contributed by atoms with Gasteiger partial charge in [-0.25, -0.2) is 0 Å². The standard InChI is InChI=1S/C17H23NO4/c1-11(2)15(19)22-14-13-7-9-17(5,18(20)21)8-6-12(13)10-16(14,3)4/h6-9,11,14H,10H2,1-5H3. The number of nitrogens with zero attached hydrogens (tertiary/aromatic N) is 1. The maximum atomic E-state index is 12.0. The van der Waals surface area contributed by atoms with Gasteiger partial charge < -0.3 is 4.74 Å². The Morgan fingerprint density at radius 3 is 2.45 bits per heavy atom. The summed E-state index contributed by atoms with van der Waals surface area (Å²) < 4.78 is 5.69. The third-order valence-electron chi connectivity index (χ3n) is 4.33. The maximum Gasteiger partial charge on any atom is 0.308 e. The Balaban J connectivity index is 2.35. The Morgan fingerprint density at radius 1 is 1.32 bits per heavy atom. The lowest BCUT2D eigenvalue weighted by Gasteiger charge is -2.29. The molecular formula is C17H23NO4. The van der Waals surface area contributed by atoms with Crippen LogP contribution >= 0.6 is 0 Å². The zero-order valence-corrected chi connectivity index (χ0v) is 13.8. The van der Waals surface area contributed by atoms with E-state index in [1.807, 2.05) is 19.9 Å². The molecule has 0 bridgehead atoms. The number of hydrogen-bond acceptors (Lipinski definition) is 4. The summed E-state index contributed by atoms with van der Waals surface area (Å²) in [6.07, 6.45) is 7.10. The summed E-state index contributed by atoms with van der Waals surface area (Å²) in [5.74, 6) is -0.444. The van der Waals surface area contributed by atoms with E-state index in [1.54, 1.807) is 39.0 Å². The summed E-state index contributed by atoms with van der Waals surface area (Å²) in [5.41, 5.74) is 0.446. The monoisotopic (exact) mass is 305 g/mol. The van der Waals surface area contributed by atoms with E-state index < -0.39 is 5.54 Å². The van der Waals surface area contributed by atoms with Crippen molar-refractivity contribution in [3.63, 3.8) is 0 Å². The molecule has 2 aliphatic carbocycles. The first-order valence-corrected chi connectivity index (χ1v) is 7.53. The molecule has 0 aromatic rings. The fourth-order valence-corrected chi connectivity index (χ4v) is 2.80. The van der Waals surface area contributed by atoms with Crippen LogP contribution in [0.3, 0.4) is 0 Å². The zero-order valence-electron chi connectivity index (χ0n) is 13.8. The van der Waals surface area contributed by atoms with Crippen molar-refractivity contribution in [2.45, 2.75) is 52.7 Å². The Hall–Kier alpha value is -1.91. The van der Waals surface area contributed by atoms with E-state index in [0.29, 0.717) is 0 Å². The number of nitro groups is 1. The van der Waals surface area contributed by atoms with Gasteiger partial charge in [-0.2, -0.15) is 0 Å². The van der Waals surface area contributed by atoms with E-state index in [1.165, 1.54) is 0 Å². The Labute approximate surface area is 130 Å². The van der Waals surface area contributed by atoms with E-state index in [0.717, 1.165) is 17.6 Å². The van der Waals surface area contributed by atoms with Crippen molar-refractivity contribution in [2.75, 3.05) is 0 Å². The highest BCUT2D eigenvalue weighted by Gasteiger charge is 2.44. The summed E-state index contributed by atoms with van der Waals surface area (Å²) in [5, 5.41) is 11.2. The molecule has 0 radical (unpaired) electrons. The first-order valence-electron chi connectivity index (χ1n) is 7.53. The molecule has 2 unspecified atom stereocenters. The van der Waals surface area contributed by atoms with Gasteiger partial charge in [0.1, 0.15) is 6.10 Å². The fourth-order valence-electron chi connectivity index (χ4n) is 2.80. The molecule has 0 aromatic heterocycles. The second-order valence-electron chi connectivity index (χ2n) is 7.27. The van der Waals surface area contributed by atoms with Crippen molar-refractivity contribution in [3.8, 4) is 0 Å². The van der Waals surface area contributed by atoms with Crippen LogP contribution in [0.15, 0.2) is 35.5 Å². The van der Waals surface area contributed by atoms with Crippen LogP contribution in [0.25, 0.3) is 0 Å². The SMILES string of the molecule is CC(C)C(=O)OC1C2=C(C=CC(C)([N+](=O)[O-])C=C2)CC1(C)C. The minimum absolute atomic E-state index is 0.199. The van der Waals surface area contributed by atoms with Crippen LogP contribution in [-0.2, 0) is 9.53 Å². The van der Waals surface area contributed by atoms with Gasteiger partial charge in [-0.05, 0) is 29.7 Å². The summed E-state index contributed by atoms with van der Waals surface area (Å²) in [7, 11) is 0. The molecule has 5 heteroatoms. The first-order chi connectivity index (χ1) is 10.1. The van der Waals surface area contributed by atoms with Gasteiger partial charge in [0.2, 0.25) is 0 Å². The van der Waals surface area contributed by atoms with Gasteiger partial charge >= 0.3 is 5.97 Å². The number of hydrogen-bond donors (Lipinski definition) is 0. The molecule has 2 rings (SSSR count). The van der Waals surface area contributed by atoms with Crippen molar-refractivity contribution >= 4 is 5.97 Å². The average Bonchev–Trinajstić information content (AvgIpc) is 2.54. The highest BCUT2D eigenvalue weighted by atomic mass is 16.6. The van der Waals surface area contributed by atoms with Crippen molar-refractivity contribution in [1.29, 1.82) is 0 Å². The van der Waals surface area contributed by atoms with E-state index in [-0.39, 0.29) is 28.3 Å². The Morgan fingerprint density at radius 2 is 1.91 bits per heavy atom. The van der Waals surface area contributed by atoms with Crippen LogP contribution in [0.2, 0.25) is 0 Å². The summed E-state index contributed by atoms with van der Waals surface area (Å²) in [6, 6.07) is 0. The van der Waals surface area contributed by atoms with Gasteiger partial charge in [-0.3, -0.25) is 14.9 Å². The third-order valence-corrected chi connectivity index (χ3v) is 4.33. The van der Waals surface area contributed by atoms with Crippen molar-refractivity contribution in [2.24, 2.45) is 11.3 Å². The molecule has 0 heterocycles. The molecule has 0 N–H and O–H groups in total. The molecule has 2 atom stereocenters. The number of carbonyl (C=O) groups excluding carboxylic acids is 1. The molecule has 2 aliphatic rings. The topological polar surface area (TPSA) is 69.4 Å². The molecule has 22 heavy (non-hydrogen) atoms. The number of carbonyl (C=O) groups is 1. The van der Waals surface area contributed by atoms with Gasteiger partial charge in [0.05, 0.1) is 5.92 Å². The van der Waals surface area contributed by atoms with Gasteiger partial charge in [-0.15, -0.1) is 0 Å². The van der Waals surface area contributed by atoms with Crippen LogP contribution in [0, 0.1) is 21.4 Å². The highest BCUT2D eigenvalue weighted by Crippen LogP contribution is 2.46. The molecule has 0 amide bonds. The van der Waals surface area contributed by atoms with Crippen LogP contribution in [0.1, 0.15) is 41.0 Å². The Bertz CT molecular complexity index is 598. The molecule has 0 fully saturated rings. The average molecular weight is 305 g/mol. The van der Waals surface area contributed by atoms with Crippen LogP contribution in [-0.4, -0.2) is 22.5 Å². The van der Waals surface area contributed by atoms with Crippen molar-refractivity contribution in [3.05, 3.63) is 45.6 Å². The molecule has 0 aliphatic heterocycles. The normalized spacial score (nSPS) is 29.5. The van der Waals surface area contributed by atoms with Crippen LogP contribution in [0.5, 0.6) is 0 Å². The highest BCUT2D eigenvalue weighted by molar-refractivity contribution is 5.72. The molecular weight excluding hydrogens is 282 g/mol. The number of ether oxygens (including phenoxy) is 1. The van der Waals surface area contributed by atoms with E-state index in [4.69, 9.17) is 4.74 Å². The maximum absolute atomic E-state index is 12.0. The lowest BCUT2D eigenvalue weighted by atomic mass is 9.85. The smallest absolute Gasteiger partial charge is 0.308 e. The van der Waals surface area contributed by atoms with Crippen molar-refractivity contribution in [1.82, 2.24) is 0 Å². The minimum atomic E-state index is -1.22. The van der Waals surface area contributed by atoms with E-state index in [2.05, 4.69) is 0 Å². The number of esters is 1. The number of rotatable bonds is 3. The largest absolute Gasteiger partial charge is 0.457 e. The van der Waals surface area contributed by atoms with Gasteiger partial charge in [-0.1, -0.05) is 39.8 Å². The summed E-state index contributed by atoms with van der Waals surface area (Å²) in [6.45, 7) is 9.25. The van der Waals surface area contributed by atoms with E-state index in [9.17, 15) is 14.9 Å². The molecule has 0 aromatic carbocycles. The van der Waals surface area contributed by atoms with Gasteiger partial charge in [0.25, 0.3) is 5.54 Å². The quantitative estimate of drug-likeness (QED) is 0.455. The molecule has 120 valence electrons.